The topological polar surface area (TPSA) is 50.2 Å². The van der Waals surface area contributed by atoms with Gasteiger partial charge in [0.25, 0.3) is 5.91 Å². The van der Waals surface area contributed by atoms with E-state index >= 15 is 0 Å². The molecule has 1 amide bonds. The molecule has 0 radical (unpaired) electrons. The van der Waals surface area contributed by atoms with E-state index in [-0.39, 0.29) is 11.2 Å². The molecule has 9 heteroatoms. The first kappa shape index (κ1) is 20.7. The fourth-order valence-corrected chi connectivity index (χ4v) is 3.85. The third kappa shape index (κ3) is 4.03. The van der Waals surface area contributed by atoms with Gasteiger partial charge in [-0.05, 0) is 51.2 Å². The van der Waals surface area contributed by atoms with Crippen LogP contribution in [0, 0.1) is 0 Å². The number of rotatable bonds is 5. The Morgan fingerprint density at radius 1 is 1.25 bits per heavy atom. The van der Waals surface area contributed by atoms with Crippen molar-refractivity contribution in [1.82, 2.24) is 20.0 Å². The number of carbonyl (C=O) groups excluding carboxylic acids is 1. The van der Waals surface area contributed by atoms with Crippen LogP contribution in [0.25, 0.3) is 5.69 Å². The molecule has 0 saturated heterocycles. The average Bonchev–Trinajstić information content (AvgIpc) is 3.28. The Labute approximate surface area is 166 Å². The van der Waals surface area contributed by atoms with E-state index in [1.165, 1.54) is 24.3 Å². The Hall–Kier alpha value is -2.06. The van der Waals surface area contributed by atoms with Crippen LogP contribution in [0.5, 0.6) is 0 Å². The van der Waals surface area contributed by atoms with E-state index in [0.717, 1.165) is 36.6 Å². The molecule has 1 N–H and O–H groups in total. The van der Waals surface area contributed by atoms with Crippen molar-refractivity contribution in [2.75, 3.05) is 20.6 Å². The van der Waals surface area contributed by atoms with Crippen molar-refractivity contribution in [2.45, 2.75) is 37.4 Å². The zero-order valence-corrected chi connectivity index (χ0v) is 16.4. The molecule has 152 valence electrons. The molecule has 28 heavy (non-hydrogen) atoms. The number of amides is 1. The minimum absolute atomic E-state index is 0.177. The zero-order chi connectivity index (χ0) is 20.5. The van der Waals surface area contributed by atoms with Crippen LogP contribution < -0.4 is 5.32 Å². The second-order valence-corrected chi connectivity index (χ2v) is 7.74. The summed E-state index contributed by atoms with van der Waals surface area (Å²) in [6.45, 7) is 0.294. The van der Waals surface area contributed by atoms with Gasteiger partial charge in [-0.1, -0.05) is 24.4 Å². The predicted octanol–water partition coefficient (Wildman–Crippen LogP) is 4.15. The van der Waals surface area contributed by atoms with Gasteiger partial charge >= 0.3 is 6.18 Å². The van der Waals surface area contributed by atoms with Gasteiger partial charge in [0, 0.05) is 17.1 Å². The predicted molar refractivity (Wildman–Crippen MR) is 101 cm³/mol. The van der Waals surface area contributed by atoms with E-state index in [0.29, 0.717) is 11.6 Å². The number of hydrogen-bond acceptors (Lipinski definition) is 3. The van der Waals surface area contributed by atoms with Crippen LogP contribution in [0.4, 0.5) is 13.2 Å². The third-order valence-corrected chi connectivity index (χ3v) is 5.67. The maximum Gasteiger partial charge on any atom is 0.434 e. The molecule has 1 saturated carbocycles. The van der Waals surface area contributed by atoms with Crippen LogP contribution in [0.15, 0.2) is 30.5 Å². The van der Waals surface area contributed by atoms with Gasteiger partial charge in [-0.2, -0.15) is 18.3 Å². The molecule has 0 bridgehead atoms. The van der Waals surface area contributed by atoms with Crippen LogP contribution in [0.3, 0.4) is 0 Å². The summed E-state index contributed by atoms with van der Waals surface area (Å²) in [6.07, 6.45) is 0.0960. The number of hydrogen-bond donors (Lipinski definition) is 1. The van der Waals surface area contributed by atoms with Crippen LogP contribution >= 0.6 is 11.6 Å². The number of carbonyl (C=O) groups is 1. The zero-order valence-electron chi connectivity index (χ0n) is 15.7. The summed E-state index contributed by atoms with van der Waals surface area (Å²) in [5.41, 5.74) is -1.64. The summed E-state index contributed by atoms with van der Waals surface area (Å²) >= 11 is 5.81. The standard InChI is InChI=1S/C19H22ClF3N4O/c1-26(2)18(9-3-4-10-18)12-24-17(28)15-11-25-27(16(15)19(21,22)23)14-7-5-13(20)6-8-14/h5-8,11H,3-4,9-10,12H2,1-2H3,(H,24,28). The summed E-state index contributed by atoms with van der Waals surface area (Å²) in [4.78, 5) is 14.7. The molecule has 2 aromatic rings. The molecule has 0 aliphatic heterocycles. The monoisotopic (exact) mass is 414 g/mol. The number of likely N-dealkylation sites (N-methyl/N-ethyl adjacent to an activating group) is 1. The number of alkyl halides is 3. The first-order chi connectivity index (χ1) is 13.1. The van der Waals surface area contributed by atoms with Crippen molar-refractivity contribution in [3.63, 3.8) is 0 Å². The molecular weight excluding hydrogens is 393 g/mol. The molecule has 0 spiro atoms. The van der Waals surface area contributed by atoms with E-state index < -0.39 is 23.3 Å². The number of nitrogens with zero attached hydrogens (tertiary/aromatic N) is 3. The van der Waals surface area contributed by atoms with E-state index in [4.69, 9.17) is 11.6 Å². The lowest BCUT2D eigenvalue weighted by Crippen LogP contribution is -2.50. The van der Waals surface area contributed by atoms with Crippen molar-refractivity contribution in [1.29, 1.82) is 0 Å². The Kier molecular flexibility index (Phi) is 5.72. The van der Waals surface area contributed by atoms with E-state index in [1.807, 2.05) is 19.0 Å². The van der Waals surface area contributed by atoms with Crippen molar-refractivity contribution in [3.05, 3.63) is 46.7 Å². The lowest BCUT2D eigenvalue weighted by Gasteiger charge is -2.36. The number of benzene rings is 1. The molecule has 0 unspecified atom stereocenters. The molecule has 3 rings (SSSR count). The minimum atomic E-state index is -4.74. The molecule has 1 aliphatic carbocycles. The van der Waals surface area contributed by atoms with Gasteiger partial charge in [-0.15, -0.1) is 0 Å². The quantitative estimate of drug-likeness (QED) is 0.799. The van der Waals surface area contributed by atoms with Crippen LogP contribution in [-0.2, 0) is 6.18 Å². The number of nitrogens with one attached hydrogen (secondary N) is 1. The third-order valence-electron chi connectivity index (χ3n) is 5.41. The highest BCUT2D eigenvalue weighted by molar-refractivity contribution is 6.30. The second kappa shape index (κ2) is 7.75. The van der Waals surface area contributed by atoms with Crippen molar-refractivity contribution in [3.8, 4) is 5.69 Å². The minimum Gasteiger partial charge on any atom is -0.350 e. The maximum absolute atomic E-state index is 13.7. The molecule has 1 aliphatic rings. The van der Waals surface area contributed by atoms with Gasteiger partial charge in [0.15, 0.2) is 5.69 Å². The highest BCUT2D eigenvalue weighted by atomic mass is 35.5. The molecular formula is C19H22ClF3N4O. The summed E-state index contributed by atoms with van der Waals surface area (Å²) in [7, 11) is 3.86. The van der Waals surface area contributed by atoms with Gasteiger partial charge in [-0.3, -0.25) is 4.79 Å². The van der Waals surface area contributed by atoms with Crippen molar-refractivity contribution in [2.24, 2.45) is 0 Å². The molecule has 1 aromatic carbocycles. The van der Waals surface area contributed by atoms with Gasteiger partial charge < -0.3 is 10.2 Å². The normalized spacial score (nSPS) is 16.5. The van der Waals surface area contributed by atoms with Crippen LogP contribution in [0.1, 0.15) is 41.7 Å². The first-order valence-corrected chi connectivity index (χ1v) is 9.39. The van der Waals surface area contributed by atoms with Crippen LogP contribution in [-0.4, -0.2) is 46.8 Å². The summed E-state index contributed by atoms with van der Waals surface area (Å²) in [6, 6.07) is 5.79. The first-order valence-electron chi connectivity index (χ1n) is 9.01. The fraction of sp³-hybridized carbons (Fsp3) is 0.474. The SMILES string of the molecule is CN(C)C1(CNC(=O)c2cnn(-c3ccc(Cl)cc3)c2C(F)(F)F)CCCC1. The Balaban J connectivity index is 1.89. The maximum atomic E-state index is 13.7. The Morgan fingerprint density at radius 3 is 2.39 bits per heavy atom. The van der Waals surface area contributed by atoms with Crippen molar-refractivity contribution < 1.29 is 18.0 Å². The lowest BCUT2D eigenvalue weighted by atomic mass is 9.96. The van der Waals surface area contributed by atoms with E-state index in [2.05, 4.69) is 10.4 Å². The molecule has 0 atom stereocenters. The Bertz CT molecular complexity index is 840. The van der Waals surface area contributed by atoms with Gasteiger partial charge in [0.05, 0.1) is 17.4 Å². The highest BCUT2D eigenvalue weighted by Crippen LogP contribution is 2.35. The van der Waals surface area contributed by atoms with Gasteiger partial charge in [0.1, 0.15) is 0 Å². The van der Waals surface area contributed by atoms with Crippen LogP contribution in [0.2, 0.25) is 5.02 Å². The van der Waals surface area contributed by atoms with E-state index in [9.17, 15) is 18.0 Å². The summed E-state index contributed by atoms with van der Waals surface area (Å²) in [5, 5.41) is 6.91. The fourth-order valence-electron chi connectivity index (χ4n) is 3.72. The molecule has 1 heterocycles. The van der Waals surface area contributed by atoms with Crippen molar-refractivity contribution >= 4 is 17.5 Å². The largest absolute Gasteiger partial charge is 0.434 e. The van der Waals surface area contributed by atoms with E-state index in [1.54, 1.807) is 0 Å². The van der Waals surface area contributed by atoms with Gasteiger partial charge in [0.2, 0.25) is 0 Å². The summed E-state index contributed by atoms with van der Waals surface area (Å²) in [5.74, 6) is -0.777. The average molecular weight is 415 g/mol. The highest BCUT2D eigenvalue weighted by Gasteiger charge is 2.41. The molecule has 1 aromatic heterocycles. The summed E-state index contributed by atoms with van der Waals surface area (Å²) < 4.78 is 41.9. The lowest BCUT2D eigenvalue weighted by molar-refractivity contribution is -0.143. The molecule has 1 fully saturated rings. The number of halogens is 4. The smallest absolute Gasteiger partial charge is 0.350 e. The second-order valence-electron chi connectivity index (χ2n) is 7.30. The van der Waals surface area contributed by atoms with Gasteiger partial charge in [-0.25, -0.2) is 4.68 Å². The molecule has 5 nitrogen and oxygen atoms in total. The number of aromatic nitrogens is 2. The Morgan fingerprint density at radius 2 is 1.86 bits per heavy atom.